The summed E-state index contributed by atoms with van der Waals surface area (Å²) in [4.78, 5) is 26.5. The zero-order valence-corrected chi connectivity index (χ0v) is 7.14. The lowest BCUT2D eigenvalue weighted by Gasteiger charge is -2.16. The van der Waals surface area contributed by atoms with E-state index in [9.17, 15) is 9.59 Å². The number of carboxylic acids is 2. The van der Waals surface area contributed by atoms with Crippen molar-refractivity contribution in [3.05, 3.63) is 0 Å². The van der Waals surface area contributed by atoms with Crippen molar-refractivity contribution < 1.29 is 24.6 Å². The minimum absolute atomic E-state index is 0.360. The minimum Gasteiger partial charge on any atom is -0.480 e. The van der Waals surface area contributed by atoms with E-state index in [0.717, 1.165) is 0 Å². The third-order valence-corrected chi connectivity index (χ3v) is 2.62. The predicted molar refractivity (Wildman–Crippen MR) is 42.3 cm³/mol. The van der Waals surface area contributed by atoms with Crippen molar-refractivity contribution in [1.82, 2.24) is 10.8 Å². The Morgan fingerprint density at radius 1 is 1.21 bits per heavy atom. The normalized spacial score (nSPS) is 40.9. The molecule has 0 aliphatic carbocycles. The molecule has 78 valence electrons. The maximum absolute atomic E-state index is 10.8. The highest BCUT2D eigenvalue weighted by Gasteiger charge is 2.52. The van der Waals surface area contributed by atoms with Crippen molar-refractivity contribution in [2.24, 2.45) is 5.92 Å². The fraction of sp³-hybridized carbons (Fsp3) is 0.714. The highest BCUT2D eigenvalue weighted by molar-refractivity contribution is 5.79. The molecule has 4 N–H and O–H groups in total. The fourth-order valence-corrected chi connectivity index (χ4v) is 1.96. The van der Waals surface area contributed by atoms with E-state index in [4.69, 9.17) is 15.1 Å². The van der Waals surface area contributed by atoms with E-state index in [0.29, 0.717) is 6.54 Å². The molecule has 2 saturated heterocycles. The van der Waals surface area contributed by atoms with Crippen LogP contribution in [0.1, 0.15) is 0 Å². The highest BCUT2D eigenvalue weighted by Crippen LogP contribution is 2.27. The second kappa shape index (κ2) is 3.19. The SMILES string of the molecule is O=C(O)C1NO[C@H]2CN[C@H](C(=O)O)[C@@H]12. The molecule has 0 aromatic carbocycles. The van der Waals surface area contributed by atoms with Crippen LogP contribution in [-0.4, -0.2) is 46.9 Å². The summed E-state index contributed by atoms with van der Waals surface area (Å²) < 4.78 is 0. The van der Waals surface area contributed by atoms with Crippen molar-refractivity contribution in [3.8, 4) is 0 Å². The number of hydrogen-bond acceptors (Lipinski definition) is 5. The molecule has 14 heavy (non-hydrogen) atoms. The quantitative estimate of drug-likeness (QED) is 0.410. The van der Waals surface area contributed by atoms with Gasteiger partial charge in [-0.3, -0.25) is 14.4 Å². The number of carboxylic acid groups (broad SMARTS) is 2. The number of rotatable bonds is 2. The van der Waals surface area contributed by atoms with Crippen molar-refractivity contribution >= 4 is 11.9 Å². The van der Waals surface area contributed by atoms with Crippen LogP contribution in [0.4, 0.5) is 0 Å². The molecular formula is C7H10N2O5. The van der Waals surface area contributed by atoms with E-state index in [1.54, 1.807) is 0 Å². The van der Waals surface area contributed by atoms with E-state index in [-0.39, 0.29) is 6.10 Å². The Labute approximate surface area is 79.0 Å². The van der Waals surface area contributed by atoms with Crippen LogP contribution in [0.15, 0.2) is 0 Å². The summed E-state index contributed by atoms with van der Waals surface area (Å²) in [5.41, 5.74) is 2.34. The largest absolute Gasteiger partial charge is 0.480 e. The summed E-state index contributed by atoms with van der Waals surface area (Å²) in [5, 5.41) is 20.3. The van der Waals surface area contributed by atoms with Crippen LogP contribution in [0.3, 0.4) is 0 Å². The minimum atomic E-state index is -1.09. The molecule has 0 spiro atoms. The lowest BCUT2D eigenvalue weighted by Crippen LogP contribution is -2.46. The molecule has 2 fully saturated rings. The molecule has 2 aliphatic rings. The van der Waals surface area contributed by atoms with Crippen molar-refractivity contribution in [2.45, 2.75) is 18.2 Å². The molecule has 0 saturated carbocycles. The first-order chi connectivity index (χ1) is 6.61. The van der Waals surface area contributed by atoms with Gasteiger partial charge in [-0.2, -0.15) is 5.48 Å². The van der Waals surface area contributed by atoms with Gasteiger partial charge in [0.1, 0.15) is 12.1 Å². The molecule has 0 aromatic rings. The van der Waals surface area contributed by atoms with Gasteiger partial charge in [0, 0.05) is 12.5 Å². The summed E-state index contributed by atoms with van der Waals surface area (Å²) in [6, 6.07) is -1.80. The average molecular weight is 202 g/mol. The van der Waals surface area contributed by atoms with Gasteiger partial charge in [0.05, 0.1) is 6.10 Å². The summed E-state index contributed by atoms with van der Waals surface area (Å²) in [6.45, 7) is 0.360. The molecule has 0 bridgehead atoms. The van der Waals surface area contributed by atoms with Crippen molar-refractivity contribution in [3.63, 3.8) is 0 Å². The number of fused-ring (bicyclic) bond motifs is 1. The van der Waals surface area contributed by atoms with Crippen molar-refractivity contribution in [2.75, 3.05) is 6.54 Å². The van der Waals surface area contributed by atoms with E-state index >= 15 is 0 Å². The topological polar surface area (TPSA) is 108 Å². The molecule has 7 heteroatoms. The maximum atomic E-state index is 10.8. The van der Waals surface area contributed by atoms with Crippen LogP contribution < -0.4 is 10.8 Å². The Hall–Kier alpha value is -1.18. The molecule has 7 nitrogen and oxygen atoms in total. The molecule has 1 unspecified atom stereocenters. The molecule has 0 radical (unpaired) electrons. The second-order valence-electron chi connectivity index (χ2n) is 3.39. The zero-order chi connectivity index (χ0) is 10.3. The predicted octanol–water partition coefficient (Wildman–Crippen LogP) is -1.98. The van der Waals surface area contributed by atoms with Gasteiger partial charge in [-0.05, 0) is 0 Å². The molecule has 2 aliphatic heterocycles. The van der Waals surface area contributed by atoms with Gasteiger partial charge in [0.25, 0.3) is 0 Å². The smallest absolute Gasteiger partial charge is 0.323 e. The van der Waals surface area contributed by atoms with Crippen LogP contribution in [-0.2, 0) is 14.4 Å². The number of hydroxylamine groups is 1. The Balaban J connectivity index is 2.19. The maximum Gasteiger partial charge on any atom is 0.323 e. The van der Waals surface area contributed by atoms with Crippen LogP contribution in [0.25, 0.3) is 0 Å². The Morgan fingerprint density at radius 2 is 1.86 bits per heavy atom. The van der Waals surface area contributed by atoms with Crippen LogP contribution in [0, 0.1) is 5.92 Å². The molecule has 2 rings (SSSR count). The number of nitrogens with one attached hydrogen (secondary N) is 2. The summed E-state index contributed by atoms with van der Waals surface area (Å²) in [7, 11) is 0. The summed E-state index contributed by atoms with van der Waals surface area (Å²) in [5.74, 6) is -2.69. The Kier molecular flexibility index (Phi) is 2.14. The van der Waals surface area contributed by atoms with Crippen LogP contribution in [0.2, 0.25) is 0 Å². The summed E-state index contributed by atoms with van der Waals surface area (Å²) in [6.07, 6.45) is -0.378. The van der Waals surface area contributed by atoms with Gasteiger partial charge in [0.2, 0.25) is 0 Å². The first-order valence-corrected chi connectivity index (χ1v) is 4.21. The summed E-state index contributed by atoms with van der Waals surface area (Å²) >= 11 is 0. The third kappa shape index (κ3) is 1.26. The van der Waals surface area contributed by atoms with Gasteiger partial charge in [-0.1, -0.05) is 0 Å². The van der Waals surface area contributed by atoms with Gasteiger partial charge < -0.3 is 15.5 Å². The standard InChI is InChI=1S/C7H10N2O5/c10-6(11)4-3-2(1-8-4)14-9-5(3)7(12)13/h2-5,8-9H,1H2,(H,10,11)(H,12,13)/t2-,3-,4-,5?/m0/s1. The van der Waals surface area contributed by atoms with Crippen LogP contribution >= 0.6 is 0 Å². The second-order valence-corrected chi connectivity index (χ2v) is 3.39. The zero-order valence-electron chi connectivity index (χ0n) is 7.14. The van der Waals surface area contributed by atoms with E-state index < -0.39 is 29.9 Å². The number of carbonyl (C=O) groups is 2. The van der Waals surface area contributed by atoms with Gasteiger partial charge >= 0.3 is 11.9 Å². The van der Waals surface area contributed by atoms with E-state index in [2.05, 4.69) is 10.8 Å². The first kappa shape index (κ1) is 9.38. The van der Waals surface area contributed by atoms with Crippen LogP contribution in [0.5, 0.6) is 0 Å². The lowest BCUT2D eigenvalue weighted by molar-refractivity contribution is -0.143. The lowest BCUT2D eigenvalue weighted by atomic mass is 9.92. The Morgan fingerprint density at radius 3 is 2.43 bits per heavy atom. The van der Waals surface area contributed by atoms with E-state index in [1.807, 2.05) is 0 Å². The molecule has 4 atom stereocenters. The third-order valence-electron chi connectivity index (χ3n) is 2.62. The molecule has 2 heterocycles. The first-order valence-electron chi connectivity index (χ1n) is 4.21. The van der Waals surface area contributed by atoms with Gasteiger partial charge in [-0.25, -0.2) is 0 Å². The Bertz CT molecular complexity index is 255. The number of hydrogen-bond donors (Lipinski definition) is 4. The van der Waals surface area contributed by atoms with Gasteiger partial charge in [0.15, 0.2) is 0 Å². The monoisotopic (exact) mass is 202 g/mol. The van der Waals surface area contributed by atoms with Gasteiger partial charge in [-0.15, -0.1) is 0 Å². The molecular weight excluding hydrogens is 192 g/mol. The number of aliphatic carboxylic acids is 2. The highest BCUT2D eigenvalue weighted by atomic mass is 16.7. The van der Waals surface area contributed by atoms with Crippen molar-refractivity contribution in [1.29, 1.82) is 0 Å². The molecule has 0 aromatic heterocycles. The fourth-order valence-electron chi connectivity index (χ4n) is 1.96. The average Bonchev–Trinajstić information content (AvgIpc) is 2.59. The van der Waals surface area contributed by atoms with E-state index in [1.165, 1.54) is 0 Å². The molecule has 0 amide bonds.